The summed E-state index contributed by atoms with van der Waals surface area (Å²) in [6.07, 6.45) is -3.46. The van der Waals surface area contributed by atoms with E-state index >= 15 is 0 Å². The van der Waals surface area contributed by atoms with E-state index < -0.39 is 23.2 Å². The Kier molecular flexibility index (Phi) is 6.44. The molecule has 25 heavy (non-hydrogen) atoms. The normalized spacial score (nSPS) is 12.9. The first-order chi connectivity index (χ1) is 12.0. The molecule has 0 saturated heterocycles. The number of non-ortho nitro benzene ring substituents is 1. The number of carbonyl (C=O) groups excluding carboxylic acids is 1. The third kappa shape index (κ3) is 5.55. The molecule has 8 nitrogen and oxygen atoms in total. The molecule has 0 aliphatic heterocycles. The van der Waals surface area contributed by atoms with Crippen molar-refractivity contribution in [2.75, 3.05) is 6.54 Å². The number of aliphatic hydroxyl groups excluding tert-OH is 2. The third-order valence-corrected chi connectivity index (χ3v) is 3.46. The van der Waals surface area contributed by atoms with Crippen molar-refractivity contribution in [2.45, 2.75) is 18.8 Å². The molecule has 2 aromatic carbocycles. The Morgan fingerprint density at radius 1 is 1.16 bits per heavy atom. The van der Waals surface area contributed by atoms with Crippen molar-refractivity contribution in [1.82, 2.24) is 5.32 Å². The van der Waals surface area contributed by atoms with E-state index in [9.17, 15) is 25.1 Å². The SMILES string of the molecule is O=C(NCC(O)C(O)c1cccc([N+](=O)[O-])c1)OCc1ccccc1. The zero-order valence-corrected chi connectivity index (χ0v) is 13.2. The van der Waals surface area contributed by atoms with Gasteiger partial charge in [0, 0.05) is 18.7 Å². The van der Waals surface area contributed by atoms with Crippen molar-refractivity contribution < 1.29 is 24.7 Å². The molecule has 3 N–H and O–H groups in total. The number of nitro groups is 1. The molecular formula is C17H18N2O6. The van der Waals surface area contributed by atoms with E-state index in [0.717, 1.165) is 5.56 Å². The fourth-order valence-electron chi connectivity index (χ4n) is 2.12. The van der Waals surface area contributed by atoms with Gasteiger partial charge in [-0.3, -0.25) is 10.1 Å². The van der Waals surface area contributed by atoms with Crippen LogP contribution in [-0.2, 0) is 11.3 Å². The van der Waals surface area contributed by atoms with Gasteiger partial charge in [0.15, 0.2) is 0 Å². The topological polar surface area (TPSA) is 122 Å². The van der Waals surface area contributed by atoms with Crippen LogP contribution in [0.3, 0.4) is 0 Å². The second-order valence-electron chi connectivity index (χ2n) is 5.31. The highest BCUT2D eigenvalue weighted by atomic mass is 16.6. The largest absolute Gasteiger partial charge is 0.445 e. The molecule has 0 aliphatic carbocycles. The summed E-state index contributed by atoms with van der Waals surface area (Å²) in [6.45, 7) is -0.187. The van der Waals surface area contributed by atoms with Gasteiger partial charge in [-0.1, -0.05) is 42.5 Å². The summed E-state index contributed by atoms with van der Waals surface area (Å²) in [5.41, 5.74) is 0.801. The fraction of sp³-hybridized carbons (Fsp3) is 0.235. The number of alkyl carbamates (subject to hydrolysis) is 1. The summed E-state index contributed by atoms with van der Waals surface area (Å²) >= 11 is 0. The predicted molar refractivity (Wildman–Crippen MR) is 88.7 cm³/mol. The van der Waals surface area contributed by atoms with Gasteiger partial charge in [0.2, 0.25) is 0 Å². The lowest BCUT2D eigenvalue weighted by Crippen LogP contribution is -2.35. The van der Waals surface area contributed by atoms with Crippen molar-refractivity contribution in [3.8, 4) is 0 Å². The average molecular weight is 346 g/mol. The van der Waals surface area contributed by atoms with Crippen LogP contribution in [0.1, 0.15) is 17.2 Å². The maximum Gasteiger partial charge on any atom is 0.407 e. The molecule has 0 spiro atoms. The second kappa shape index (κ2) is 8.76. The van der Waals surface area contributed by atoms with Crippen molar-refractivity contribution >= 4 is 11.8 Å². The second-order valence-corrected chi connectivity index (χ2v) is 5.31. The monoisotopic (exact) mass is 346 g/mol. The molecule has 0 aliphatic rings. The summed E-state index contributed by atoms with van der Waals surface area (Å²) in [7, 11) is 0. The smallest absolute Gasteiger partial charge is 0.407 e. The summed E-state index contributed by atoms with van der Waals surface area (Å²) in [4.78, 5) is 21.7. The molecule has 8 heteroatoms. The molecule has 1 amide bonds. The molecule has 2 unspecified atom stereocenters. The summed E-state index contributed by atoms with van der Waals surface area (Å²) in [5.74, 6) is 0. The van der Waals surface area contributed by atoms with Gasteiger partial charge in [-0.25, -0.2) is 4.79 Å². The molecule has 0 radical (unpaired) electrons. The lowest BCUT2D eigenvalue weighted by Gasteiger charge is -2.18. The summed E-state index contributed by atoms with van der Waals surface area (Å²) in [5, 5.41) is 33.1. The van der Waals surface area contributed by atoms with E-state index in [1.807, 2.05) is 18.2 Å². The number of benzene rings is 2. The van der Waals surface area contributed by atoms with Gasteiger partial charge < -0.3 is 20.3 Å². The Morgan fingerprint density at radius 2 is 1.88 bits per heavy atom. The van der Waals surface area contributed by atoms with Crippen molar-refractivity contribution in [1.29, 1.82) is 0 Å². The lowest BCUT2D eigenvalue weighted by molar-refractivity contribution is -0.385. The first-order valence-electron chi connectivity index (χ1n) is 7.52. The molecule has 0 aromatic heterocycles. The number of hydrogen-bond donors (Lipinski definition) is 3. The number of hydrogen-bond acceptors (Lipinski definition) is 6. The standard InChI is InChI=1S/C17H18N2O6/c20-15(16(21)13-7-4-8-14(9-13)19(23)24)10-18-17(22)25-11-12-5-2-1-3-6-12/h1-9,15-16,20-21H,10-11H2,(H,18,22). The molecule has 0 fully saturated rings. The van der Waals surface area contributed by atoms with Gasteiger partial charge >= 0.3 is 6.09 Å². The quantitative estimate of drug-likeness (QED) is 0.520. The highest BCUT2D eigenvalue weighted by Crippen LogP contribution is 2.21. The fourth-order valence-corrected chi connectivity index (χ4v) is 2.12. The van der Waals surface area contributed by atoms with Crippen molar-refractivity contribution in [3.05, 3.63) is 75.8 Å². The number of nitrogens with zero attached hydrogens (tertiary/aromatic N) is 1. The molecule has 2 rings (SSSR count). The zero-order valence-electron chi connectivity index (χ0n) is 13.2. The number of rotatable bonds is 7. The Morgan fingerprint density at radius 3 is 2.56 bits per heavy atom. The molecule has 2 aromatic rings. The van der Waals surface area contributed by atoms with Crippen LogP contribution in [0.4, 0.5) is 10.5 Å². The lowest BCUT2D eigenvalue weighted by atomic mass is 10.0. The van der Waals surface area contributed by atoms with E-state index in [4.69, 9.17) is 4.74 Å². The van der Waals surface area contributed by atoms with Crippen LogP contribution in [-0.4, -0.2) is 33.9 Å². The Bertz CT molecular complexity index is 722. The van der Waals surface area contributed by atoms with Crippen LogP contribution < -0.4 is 5.32 Å². The van der Waals surface area contributed by atoms with Crippen LogP contribution in [0.2, 0.25) is 0 Å². The van der Waals surface area contributed by atoms with Gasteiger partial charge in [0.25, 0.3) is 5.69 Å². The number of nitrogens with one attached hydrogen (secondary N) is 1. The average Bonchev–Trinajstić information content (AvgIpc) is 2.64. The molecule has 0 bridgehead atoms. The number of carbonyl (C=O) groups is 1. The van der Waals surface area contributed by atoms with E-state index in [2.05, 4.69) is 5.32 Å². The van der Waals surface area contributed by atoms with Crippen LogP contribution in [0.5, 0.6) is 0 Å². The first kappa shape index (κ1) is 18.4. The van der Waals surface area contributed by atoms with E-state index in [1.54, 1.807) is 12.1 Å². The first-order valence-corrected chi connectivity index (χ1v) is 7.52. The molecule has 0 saturated carbocycles. The van der Waals surface area contributed by atoms with E-state index in [-0.39, 0.29) is 24.4 Å². The Balaban J connectivity index is 1.82. The van der Waals surface area contributed by atoms with Gasteiger partial charge in [0.1, 0.15) is 18.8 Å². The third-order valence-electron chi connectivity index (χ3n) is 3.46. The van der Waals surface area contributed by atoms with Crippen LogP contribution >= 0.6 is 0 Å². The van der Waals surface area contributed by atoms with Crippen molar-refractivity contribution in [2.24, 2.45) is 0 Å². The minimum absolute atomic E-state index is 0.0796. The Hall–Kier alpha value is -2.97. The summed E-state index contributed by atoms with van der Waals surface area (Å²) < 4.78 is 4.98. The van der Waals surface area contributed by atoms with Crippen LogP contribution in [0, 0.1) is 10.1 Å². The maximum absolute atomic E-state index is 11.6. The number of amides is 1. The van der Waals surface area contributed by atoms with Crippen molar-refractivity contribution in [3.63, 3.8) is 0 Å². The van der Waals surface area contributed by atoms with Crippen LogP contribution in [0.25, 0.3) is 0 Å². The van der Waals surface area contributed by atoms with Gasteiger partial charge in [-0.2, -0.15) is 0 Å². The minimum atomic E-state index is -1.38. The number of nitro benzene ring substituents is 1. The zero-order chi connectivity index (χ0) is 18.2. The number of aliphatic hydroxyl groups is 2. The van der Waals surface area contributed by atoms with Gasteiger partial charge in [-0.15, -0.1) is 0 Å². The molecule has 132 valence electrons. The summed E-state index contributed by atoms with van der Waals surface area (Å²) in [6, 6.07) is 14.4. The van der Waals surface area contributed by atoms with Crippen LogP contribution in [0.15, 0.2) is 54.6 Å². The molecular weight excluding hydrogens is 328 g/mol. The van der Waals surface area contributed by atoms with E-state index in [0.29, 0.717) is 0 Å². The highest BCUT2D eigenvalue weighted by Gasteiger charge is 2.21. The molecule has 2 atom stereocenters. The highest BCUT2D eigenvalue weighted by molar-refractivity contribution is 5.67. The maximum atomic E-state index is 11.6. The number of ether oxygens (including phenoxy) is 1. The van der Waals surface area contributed by atoms with Gasteiger partial charge in [-0.05, 0) is 11.1 Å². The predicted octanol–water partition coefficient (Wildman–Crippen LogP) is 1.92. The Labute approximate surface area is 143 Å². The molecule has 0 heterocycles. The van der Waals surface area contributed by atoms with Gasteiger partial charge in [0.05, 0.1) is 4.92 Å². The minimum Gasteiger partial charge on any atom is -0.445 e. The van der Waals surface area contributed by atoms with E-state index in [1.165, 1.54) is 24.3 Å².